The third-order valence-corrected chi connectivity index (χ3v) is 1.24. The molecule has 0 amide bonds. The molecule has 0 aliphatic heterocycles. The van der Waals surface area contributed by atoms with Crippen LogP contribution in [0.4, 0.5) is 0 Å². The van der Waals surface area contributed by atoms with Gasteiger partial charge in [0.1, 0.15) is 0 Å². The van der Waals surface area contributed by atoms with Crippen LogP contribution in [0, 0.1) is 0 Å². The normalized spacial score (nSPS) is 12.8. The van der Waals surface area contributed by atoms with Gasteiger partial charge in [-0.25, -0.2) is 0 Å². The Balaban J connectivity index is 3.38. The molecule has 0 aromatic carbocycles. The lowest BCUT2D eigenvalue weighted by Crippen LogP contribution is -2.41. The summed E-state index contributed by atoms with van der Waals surface area (Å²) < 4.78 is 0. The number of rotatable bonds is 3. The largest absolute Gasteiger partial charge is 0.392 e. The second-order valence-corrected chi connectivity index (χ2v) is 3.27. The van der Waals surface area contributed by atoms with Crippen molar-refractivity contribution in [1.82, 2.24) is 10.6 Å². The van der Waals surface area contributed by atoms with Crippen molar-refractivity contribution in [3.05, 3.63) is 0 Å². The van der Waals surface area contributed by atoms with E-state index < -0.39 is 0 Å². The Bertz CT molecular complexity index is 126. The second-order valence-electron chi connectivity index (χ2n) is 2.86. The van der Waals surface area contributed by atoms with Crippen LogP contribution in [0.15, 0.2) is 0 Å². The Morgan fingerprint density at radius 1 is 1.45 bits per heavy atom. The third kappa shape index (κ3) is 7.55. The lowest BCUT2D eigenvalue weighted by atomic mass is 10.4. The van der Waals surface area contributed by atoms with Crippen LogP contribution in [0.25, 0.3) is 0 Å². The molecular formula is C7H16N2OS. The molecule has 4 heteroatoms. The molecule has 0 aliphatic rings. The average molecular weight is 176 g/mol. The van der Waals surface area contributed by atoms with Crippen LogP contribution in [0.3, 0.4) is 0 Å². The molecule has 0 aromatic rings. The van der Waals surface area contributed by atoms with Crippen LogP contribution in [0.2, 0.25) is 0 Å². The van der Waals surface area contributed by atoms with Crippen molar-refractivity contribution in [1.29, 1.82) is 0 Å². The molecule has 0 fully saturated rings. The molecule has 0 aromatic heterocycles. The van der Waals surface area contributed by atoms with Crippen molar-refractivity contribution in [2.24, 2.45) is 0 Å². The van der Waals surface area contributed by atoms with Gasteiger partial charge in [0.25, 0.3) is 0 Å². The molecule has 0 aliphatic carbocycles. The minimum Gasteiger partial charge on any atom is -0.392 e. The van der Waals surface area contributed by atoms with Crippen LogP contribution in [-0.2, 0) is 0 Å². The maximum atomic E-state index is 8.89. The van der Waals surface area contributed by atoms with E-state index in [2.05, 4.69) is 10.6 Å². The zero-order valence-electron chi connectivity index (χ0n) is 7.22. The first kappa shape index (κ1) is 10.7. The van der Waals surface area contributed by atoms with E-state index in [1.807, 2.05) is 13.8 Å². The van der Waals surface area contributed by atoms with Crippen molar-refractivity contribution in [3.8, 4) is 0 Å². The molecule has 0 saturated heterocycles. The number of aliphatic hydroxyl groups is 1. The molecule has 0 spiro atoms. The van der Waals surface area contributed by atoms with Crippen LogP contribution < -0.4 is 10.6 Å². The highest BCUT2D eigenvalue weighted by molar-refractivity contribution is 7.80. The standard InChI is InChI=1S/C7H16N2OS/c1-5(2)9-7(11)8-4-6(3)10/h5-6,10H,4H2,1-3H3,(H2,8,9,11). The van der Waals surface area contributed by atoms with Crippen LogP contribution in [-0.4, -0.2) is 28.9 Å². The van der Waals surface area contributed by atoms with E-state index in [0.29, 0.717) is 17.7 Å². The fraction of sp³-hybridized carbons (Fsp3) is 0.857. The van der Waals surface area contributed by atoms with Crippen molar-refractivity contribution in [2.45, 2.75) is 32.9 Å². The first-order valence-electron chi connectivity index (χ1n) is 3.74. The smallest absolute Gasteiger partial charge is 0.166 e. The van der Waals surface area contributed by atoms with Gasteiger partial charge in [0.2, 0.25) is 0 Å². The van der Waals surface area contributed by atoms with Gasteiger partial charge in [-0.05, 0) is 33.0 Å². The molecule has 0 radical (unpaired) electrons. The molecule has 0 saturated carbocycles. The maximum absolute atomic E-state index is 8.89. The summed E-state index contributed by atoms with van der Waals surface area (Å²) in [7, 11) is 0. The summed E-state index contributed by atoms with van der Waals surface area (Å²) in [5.74, 6) is 0. The van der Waals surface area contributed by atoms with Gasteiger partial charge in [-0.2, -0.15) is 0 Å². The summed E-state index contributed by atoms with van der Waals surface area (Å²) in [5.41, 5.74) is 0. The predicted octanol–water partition coefficient (Wildman–Crippen LogP) is 0.240. The lowest BCUT2D eigenvalue weighted by molar-refractivity contribution is 0.197. The van der Waals surface area contributed by atoms with Gasteiger partial charge in [-0.3, -0.25) is 0 Å². The molecular weight excluding hydrogens is 160 g/mol. The molecule has 3 N–H and O–H groups in total. The van der Waals surface area contributed by atoms with Gasteiger partial charge in [-0.1, -0.05) is 0 Å². The minimum absolute atomic E-state index is 0.337. The average Bonchev–Trinajstić information content (AvgIpc) is 1.82. The maximum Gasteiger partial charge on any atom is 0.166 e. The van der Waals surface area contributed by atoms with E-state index in [0.717, 1.165) is 0 Å². The number of nitrogens with one attached hydrogen (secondary N) is 2. The van der Waals surface area contributed by atoms with Crippen molar-refractivity contribution < 1.29 is 5.11 Å². The number of thiocarbonyl (C=S) groups is 1. The van der Waals surface area contributed by atoms with Crippen LogP contribution >= 0.6 is 12.2 Å². The summed E-state index contributed by atoms with van der Waals surface area (Å²) in [4.78, 5) is 0. The van der Waals surface area contributed by atoms with Gasteiger partial charge in [0.05, 0.1) is 6.10 Å². The zero-order valence-corrected chi connectivity index (χ0v) is 8.03. The van der Waals surface area contributed by atoms with E-state index >= 15 is 0 Å². The Labute approximate surface area is 73.2 Å². The van der Waals surface area contributed by atoms with Crippen molar-refractivity contribution in [3.63, 3.8) is 0 Å². The van der Waals surface area contributed by atoms with E-state index in [-0.39, 0.29) is 6.10 Å². The highest BCUT2D eigenvalue weighted by atomic mass is 32.1. The second kappa shape index (κ2) is 5.32. The molecule has 3 nitrogen and oxygen atoms in total. The van der Waals surface area contributed by atoms with E-state index in [9.17, 15) is 0 Å². The van der Waals surface area contributed by atoms with Gasteiger partial charge in [-0.15, -0.1) is 0 Å². The fourth-order valence-electron chi connectivity index (χ4n) is 0.554. The first-order chi connectivity index (χ1) is 5.02. The molecule has 66 valence electrons. The molecule has 1 unspecified atom stereocenters. The van der Waals surface area contributed by atoms with E-state index in [1.165, 1.54) is 0 Å². The minimum atomic E-state index is -0.359. The molecule has 0 rings (SSSR count). The Morgan fingerprint density at radius 3 is 2.36 bits per heavy atom. The monoisotopic (exact) mass is 176 g/mol. The highest BCUT2D eigenvalue weighted by Crippen LogP contribution is 1.79. The zero-order chi connectivity index (χ0) is 8.85. The summed E-state index contributed by atoms with van der Waals surface area (Å²) in [6.45, 7) is 6.23. The topological polar surface area (TPSA) is 44.3 Å². The lowest BCUT2D eigenvalue weighted by Gasteiger charge is -2.13. The van der Waals surface area contributed by atoms with Crippen molar-refractivity contribution in [2.75, 3.05) is 6.54 Å². The SMILES string of the molecule is CC(O)CNC(=S)NC(C)C. The summed E-state index contributed by atoms with van der Waals surface area (Å²) in [6, 6.07) is 0.337. The molecule has 0 bridgehead atoms. The van der Waals surface area contributed by atoms with Gasteiger partial charge in [0, 0.05) is 12.6 Å². The van der Waals surface area contributed by atoms with Crippen LogP contribution in [0.5, 0.6) is 0 Å². The van der Waals surface area contributed by atoms with Crippen LogP contribution in [0.1, 0.15) is 20.8 Å². The predicted molar refractivity (Wildman–Crippen MR) is 50.6 cm³/mol. The summed E-state index contributed by atoms with van der Waals surface area (Å²) >= 11 is 4.92. The molecule has 0 heterocycles. The summed E-state index contributed by atoms with van der Waals surface area (Å²) in [6.07, 6.45) is -0.359. The van der Waals surface area contributed by atoms with Gasteiger partial charge < -0.3 is 15.7 Å². The fourth-order valence-corrected chi connectivity index (χ4v) is 0.873. The van der Waals surface area contributed by atoms with Gasteiger partial charge in [0.15, 0.2) is 5.11 Å². The van der Waals surface area contributed by atoms with E-state index in [1.54, 1.807) is 6.92 Å². The summed E-state index contributed by atoms with van der Waals surface area (Å²) in [5, 5.41) is 15.4. The molecule has 1 atom stereocenters. The highest BCUT2D eigenvalue weighted by Gasteiger charge is 1.98. The Morgan fingerprint density at radius 2 is 2.00 bits per heavy atom. The van der Waals surface area contributed by atoms with E-state index in [4.69, 9.17) is 17.3 Å². The molecule has 11 heavy (non-hydrogen) atoms. The quantitative estimate of drug-likeness (QED) is 0.539. The number of hydrogen-bond acceptors (Lipinski definition) is 2. The Kier molecular flexibility index (Phi) is 5.15. The first-order valence-corrected chi connectivity index (χ1v) is 4.15. The number of hydrogen-bond donors (Lipinski definition) is 3. The van der Waals surface area contributed by atoms with Crippen molar-refractivity contribution >= 4 is 17.3 Å². The third-order valence-electron chi connectivity index (χ3n) is 0.978. The van der Waals surface area contributed by atoms with Gasteiger partial charge >= 0.3 is 0 Å². The Hall–Kier alpha value is -0.350. The number of aliphatic hydroxyl groups excluding tert-OH is 1.